The van der Waals surface area contributed by atoms with E-state index >= 15 is 0 Å². The van der Waals surface area contributed by atoms with E-state index in [1.54, 1.807) is 18.5 Å². The lowest BCUT2D eigenvalue weighted by Crippen LogP contribution is -2.28. The molecule has 1 unspecified atom stereocenters. The van der Waals surface area contributed by atoms with E-state index in [4.69, 9.17) is 4.52 Å². The number of carbonyl (C=O) groups is 1. The maximum Gasteiger partial charge on any atom is 0.253 e. The van der Waals surface area contributed by atoms with Crippen LogP contribution in [0.3, 0.4) is 0 Å². The van der Waals surface area contributed by atoms with Crippen LogP contribution >= 0.6 is 0 Å². The number of hydrogen-bond acceptors (Lipinski definition) is 6. The third-order valence-corrected chi connectivity index (χ3v) is 5.20. The molecule has 1 aliphatic rings. The van der Waals surface area contributed by atoms with Gasteiger partial charge in [-0.1, -0.05) is 5.16 Å². The highest BCUT2D eigenvalue weighted by atomic mass is 16.5. The van der Waals surface area contributed by atoms with Crippen molar-refractivity contribution in [2.45, 2.75) is 26.7 Å². The predicted molar refractivity (Wildman–Crippen MR) is 103 cm³/mol. The Morgan fingerprint density at radius 1 is 1.25 bits per heavy atom. The molecule has 0 radical (unpaired) electrons. The average Bonchev–Trinajstić information content (AvgIpc) is 3.28. The standard InChI is InChI=1S/C21H22N4O3/c1-13-20(14(2)28-24-13)19-10-17(22-12-23-19)9-15-7-8-25(11-15)21(27)16-3-5-18(26)6-4-16/h3-6,10,12,15,26H,7-9,11H2,1-2H3. The maximum atomic E-state index is 12.6. The molecule has 0 spiro atoms. The van der Waals surface area contributed by atoms with Gasteiger partial charge in [-0.3, -0.25) is 4.79 Å². The lowest BCUT2D eigenvalue weighted by Gasteiger charge is -2.16. The lowest BCUT2D eigenvalue weighted by molar-refractivity contribution is 0.0787. The number of carbonyl (C=O) groups excluding carboxylic acids is 1. The molecule has 0 bridgehead atoms. The number of amides is 1. The minimum absolute atomic E-state index is 0.00148. The van der Waals surface area contributed by atoms with Crippen molar-refractivity contribution >= 4 is 5.91 Å². The summed E-state index contributed by atoms with van der Waals surface area (Å²) >= 11 is 0. The highest BCUT2D eigenvalue weighted by molar-refractivity contribution is 5.94. The van der Waals surface area contributed by atoms with Crippen molar-refractivity contribution in [1.29, 1.82) is 0 Å². The summed E-state index contributed by atoms with van der Waals surface area (Å²) in [7, 11) is 0. The first-order valence-corrected chi connectivity index (χ1v) is 9.33. The fraction of sp³-hybridized carbons (Fsp3) is 0.333. The fourth-order valence-electron chi connectivity index (χ4n) is 3.76. The SMILES string of the molecule is Cc1noc(C)c1-c1cc(CC2CCN(C(=O)c3ccc(O)cc3)C2)ncn1. The molecule has 1 atom stereocenters. The zero-order valence-corrected chi connectivity index (χ0v) is 15.9. The lowest BCUT2D eigenvalue weighted by atomic mass is 10.0. The van der Waals surface area contributed by atoms with Gasteiger partial charge in [0.25, 0.3) is 5.91 Å². The molecule has 3 aromatic rings. The Morgan fingerprint density at radius 3 is 2.75 bits per heavy atom. The molecule has 1 fully saturated rings. The number of phenols is 1. The van der Waals surface area contributed by atoms with Crippen LogP contribution in [0.2, 0.25) is 0 Å². The van der Waals surface area contributed by atoms with Crippen LogP contribution in [0.4, 0.5) is 0 Å². The second-order valence-electron chi connectivity index (χ2n) is 7.25. The number of rotatable bonds is 4. The van der Waals surface area contributed by atoms with Crippen molar-refractivity contribution in [3.05, 3.63) is 59.4 Å². The zero-order chi connectivity index (χ0) is 19.7. The topological polar surface area (TPSA) is 92.4 Å². The van der Waals surface area contributed by atoms with E-state index in [0.29, 0.717) is 18.0 Å². The number of hydrogen-bond donors (Lipinski definition) is 1. The first-order valence-electron chi connectivity index (χ1n) is 9.33. The Kier molecular flexibility index (Phi) is 4.81. The van der Waals surface area contributed by atoms with Gasteiger partial charge in [-0.05, 0) is 62.9 Å². The van der Waals surface area contributed by atoms with Gasteiger partial charge in [0, 0.05) is 24.3 Å². The number of benzene rings is 1. The van der Waals surface area contributed by atoms with Crippen LogP contribution in [0.1, 0.15) is 33.9 Å². The summed E-state index contributed by atoms with van der Waals surface area (Å²) in [5.74, 6) is 1.26. The Labute approximate surface area is 163 Å². The summed E-state index contributed by atoms with van der Waals surface area (Å²) in [5, 5.41) is 13.4. The molecule has 144 valence electrons. The van der Waals surface area contributed by atoms with Gasteiger partial charge in [0.2, 0.25) is 0 Å². The summed E-state index contributed by atoms with van der Waals surface area (Å²) in [5.41, 5.74) is 4.10. The second kappa shape index (κ2) is 7.42. The van der Waals surface area contributed by atoms with Crippen LogP contribution in [0.5, 0.6) is 5.75 Å². The van der Waals surface area contributed by atoms with Gasteiger partial charge < -0.3 is 14.5 Å². The van der Waals surface area contributed by atoms with Crippen LogP contribution in [0.25, 0.3) is 11.3 Å². The van der Waals surface area contributed by atoms with Gasteiger partial charge in [0.15, 0.2) is 0 Å². The molecular weight excluding hydrogens is 356 g/mol. The van der Waals surface area contributed by atoms with E-state index in [1.807, 2.05) is 24.8 Å². The molecule has 4 rings (SSSR count). The molecule has 1 N–H and O–H groups in total. The zero-order valence-electron chi connectivity index (χ0n) is 15.9. The molecule has 7 nitrogen and oxygen atoms in total. The first-order chi connectivity index (χ1) is 13.5. The molecule has 2 aromatic heterocycles. The third kappa shape index (κ3) is 3.60. The Balaban J connectivity index is 1.44. The van der Waals surface area contributed by atoms with Crippen LogP contribution in [-0.4, -0.2) is 44.1 Å². The van der Waals surface area contributed by atoms with E-state index in [2.05, 4.69) is 15.1 Å². The number of nitrogens with zero attached hydrogens (tertiary/aromatic N) is 4. The molecule has 1 aromatic carbocycles. The maximum absolute atomic E-state index is 12.6. The number of aromatic nitrogens is 3. The second-order valence-corrected chi connectivity index (χ2v) is 7.25. The molecule has 28 heavy (non-hydrogen) atoms. The number of likely N-dealkylation sites (tertiary alicyclic amines) is 1. The number of aromatic hydroxyl groups is 1. The molecule has 0 aliphatic carbocycles. The molecule has 3 heterocycles. The van der Waals surface area contributed by atoms with Crippen LogP contribution in [-0.2, 0) is 6.42 Å². The largest absolute Gasteiger partial charge is 0.508 e. The van der Waals surface area contributed by atoms with E-state index in [9.17, 15) is 9.90 Å². The quantitative estimate of drug-likeness (QED) is 0.750. The van der Waals surface area contributed by atoms with Crippen molar-refractivity contribution in [3.8, 4) is 17.0 Å². The van der Waals surface area contributed by atoms with E-state index in [-0.39, 0.29) is 11.7 Å². The molecular formula is C21H22N4O3. The summed E-state index contributed by atoms with van der Waals surface area (Å²) in [6.45, 7) is 5.20. The Bertz CT molecular complexity index is 978. The number of aryl methyl sites for hydroxylation is 2. The third-order valence-electron chi connectivity index (χ3n) is 5.20. The van der Waals surface area contributed by atoms with Crippen LogP contribution in [0.15, 0.2) is 41.2 Å². The smallest absolute Gasteiger partial charge is 0.253 e. The molecule has 7 heteroatoms. The van der Waals surface area contributed by atoms with Crippen molar-refractivity contribution < 1.29 is 14.4 Å². The normalized spacial score (nSPS) is 16.5. The molecule has 0 saturated carbocycles. The van der Waals surface area contributed by atoms with Crippen LogP contribution in [0, 0.1) is 19.8 Å². The van der Waals surface area contributed by atoms with Crippen molar-refractivity contribution in [3.63, 3.8) is 0 Å². The van der Waals surface area contributed by atoms with E-state index in [1.165, 1.54) is 12.1 Å². The Hall–Kier alpha value is -3.22. The summed E-state index contributed by atoms with van der Waals surface area (Å²) in [6, 6.07) is 8.38. The van der Waals surface area contributed by atoms with Gasteiger partial charge >= 0.3 is 0 Å². The first kappa shape index (κ1) is 18.2. The van der Waals surface area contributed by atoms with Gasteiger partial charge in [-0.2, -0.15) is 0 Å². The summed E-state index contributed by atoms with van der Waals surface area (Å²) < 4.78 is 5.24. The minimum Gasteiger partial charge on any atom is -0.508 e. The van der Waals surface area contributed by atoms with Crippen LogP contribution < -0.4 is 0 Å². The van der Waals surface area contributed by atoms with Crippen molar-refractivity contribution in [1.82, 2.24) is 20.0 Å². The van der Waals surface area contributed by atoms with Gasteiger partial charge in [0.1, 0.15) is 17.8 Å². The minimum atomic E-state index is 0.00148. The van der Waals surface area contributed by atoms with E-state index < -0.39 is 0 Å². The van der Waals surface area contributed by atoms with Gasteiger partial charge in [-0.15, -0.1) is 0 Å². The number of phenolic OH excluding ortho intramolecular Hbond substituents is 1. The summed E-state index contributed by atoms with van der Waals surface area (Å²) in [6.07, 6.45) is 3.30. The van der Waals surface area contributed by atoms with Gasteiger partial charge in [-0.25, -0.2) is 9.97 Å². The highest BCUT2D eigenvalue weighted by Gasteiger charge is 2.27. The molecule has 1 amide bonds. The highest BCUT2D eigenvalue weighted by Crippen LogP contribution is 2.27. The van der Waals surface area contributed by atoms with Crippen molar-refractivity contribution in [2.75, 3.05) is 13.1 Å². The monoisotopic (exact) mass is 378 g/mol. The van der Waals surface area contributed by atoms with Crippen molar-refractivity contribution in [2.24, 2.45) is 5.92 Å². The van der Waals surface area contributed by atoms with E-state index in [0.717, 1.165) is 47.8 Å². The summed E-state index contributed by atoms with van der Waals surface area (Å²) in [4.78, 5) is 23.3. The average molecular weight is 378 g/mol. The van der Waals surface area contributed by atoms with Gasteiger partial charge in [0.05, 0.1) is 17.0 Å². The molecule has 1 aliphatic heterocycles. The predicted octanol–water partition coefficient (Wildman–Crippen LogP) is 3.16. The fourth-order valence-corrected chi connectivity index (χ4v) is 3.76. The molecule has 1 saturated heterocycles. The Morgan fingerprint density at radius 2 is 2.04 bits per heavy atom.